The van der Waals surface area contributed by atoms with E-state index in [9.17, 15) is 0 Å². The number of fused-ring (bicyclic) bond motifs is 1. The zero-order valence-electron chi connectivity index (χ0n) is 14.9. The summed E-state index contributed by atoms with van der Waals surface area (Å²) in [6, 6.07) is 6.20. The maximum absolute atomic E-state index is 5.86. The molecule has 4 rings (SSSR count). The van der Waals surface area contributed by atoms with E-state index in [0.717, 1.165) is 50.6 Å². The summed E-state index contributed by atoms with van der Waals surface area (Å²) >= 11 is 0. The Labute approximate surface area is 148 Å². The van der Waals surface area contributed by atoms with Crippen LogP contribution in [0.25, 0.3) is 0 Å². The van der Waals surface area contributed by atoms with Crippen molar-refractivity contribution in [3.05, 3.63) is 41.2 Å². The Morgan fingerprint density at radius 2 is 2.12 bits per heavy atom. The average Bonchev–Trinajstić information content (AvgIpc) is 3.33. The molecule has 0 saturated carbocycles. The predicted molar refractivity (Wildman–Crippen MR) is 93.6 cm³/mol. The predicted octanol–water partition coefficient (Wildman–Crippen LogP) is 2.64. The van der Waals surface area contributed by atoms with E-state index in [0.29, 0.717) is 12.9 Å². The molecular weight excluding hydrogens is 318 g/mol. The maximum atomic E-state index is 5.86. The van der Waals surface area contributed by atoms with Crippen molar-refractivity contribution in [1.82, 2.24) is 14.7 Å². The number of nitrogens with zero attached hydrogens (tertiary/aromatic N) is 3. The van der Waals surface area contributed by atoms with Gasteiger partial charge < -0.3 is 14.2 Å². The molecule has 0 spiro atoms. The lowest BCUT2D eigenvalue weighted by molar-refractivity contribution is 0.0678. The van der Waals surface area contributed by atoms with Crippen molar-refractivity contribution < 1.29 is 14.2 Å². The summed E-state index contributed by atoms with van der Waals surface area (Å²) < 4.78 is 18.7. The van der Waals surface area contributed by atoms with Gasteiger partial charge in [0.2, 0.25) is 6.79 Å². The molecule has 1 atom stereocenters. The zero-order valence-corrected chi connectivity index (χ0v) is 14.9. The number of aryl methyl sites for hydroxylation is 1. The molecular formula is C19H25N3O3. The van der Waals surface area contributed by atoms with Gasteiger partial charge in [0, 0.05) is 44.5 Å². The van der Waals surface area contributed by atoms with Gasteiger partial charge >= 0.3 is 0 Å². The van der Waals surface area contributed by atoms with Crippen LogP contribution in [0.1, 0.15) is 29.7 Å². The second-order valence-corrected chi connectivity index (χ2v) is 6.87. The summed E-state index contributed by atoms with van der Waals surface area (Å²) in [6.45, 7) is 5.97. The number of hydrogen-bond donors (Lipinski definition) is 0. The largest absolute Gasteiger partial charge is 0.454 e. The molecule has 0 bridgehead atoms. The monoisotopic (exact) mass is 343 g/mol. The smallest absolute Gasteiger partial charge is 0.231 e. The Morgan fingerprint density at radius 1 is 1.24 bits per heavy atom. The van der Waals surface area contributed by atoms with Crippen LogP contribution in [-0.4, -0.2) is 40.7 Å². The summed E-state index contributed by atoms with van der Waals surface area (Å²) in [5, 5.41) is 4.38. The topological polar surface area (TPSA) is 48.8 Å². The third kappa shape index (κ3) is 3.65. The molecule has 1 unspecified atom stereocenters. The van der Waals surface area contributed by atoms with Crippen molar-refractivity contribution in [1.29, 1.82) is 0 Å². The van der Waals surface area contributed by atoms with Crippen LogP contribution >= 0.6 is 0 Å². The van der Waals surface area contributed by atoms with Crippen LogP contribution in [0.15, 0.2) is 24.4 Å². The quantitative estimate of drug-likeness (QED) is 0.807. The summed E-state index contributed by atoms with van der Waals surface area (Å²) in [6.07, 6.45) is 4.60. The molecule has 134 valence electrons. The fourth-order valence-corrected chi connectivity index (χ4v) is 3.50. The van der Waals surface area contributed by atoms with E-state index in [1.165, 1.54) is 16.8 Å². The van der Waals surface area contributed by atoms with Crippen molar-refractivity contribution in [3.63, 3.8) is 0 Å². The number of rotatable bonds is 6. The highest BCUT2D eigenvalue weighted by atomic mass is 16.7. The van der Waals surface area contributed by atoms with E-state index in [1.807, 2.05) is 24.0 Å². The maximum Gasteiger partial charge on any atom is 0.231 e. The molecule has 1 aromatic heterocycles. The normalized spacial score (nSPS) is 19.1. The van der Waals surface area contributed by atoms with Crippen molar-refractivity contribution in [3.8, 4) is 11.5 Å². The van der Waals surface area contributed by atoms with E-state index in [4.69, 9.17) is 14.2 Å². The standard InChI is InChI=1S/C19H25N3O3/c1-14-16(9-20-21(14)2)11-22(12-17-4-3-7-23-17)10-15-5-6-18-19(8-15)25-13-24-18/h5-6,8-9,17H,3-4,7,10-13H2,1-2H3. The number of aromatic nitrogens is 2. The highest BCUT2D eigenvalue weighted by Crippen LogP contribution is 2.33. The molecule has 2 aliphatic heterocycles. The first kappa shape index (κ1) is 16.4. The molecule has 0 aliphatic carbocycles. The van der Waals surface area contributed by atoms with Crippen LogP contribution in [-0.2, 0) is 24.9 Å². The van der Waals surface area contributed by atoms with Gasteiger partial charge in [-0.15, -0.1) is 0 Å². The second-order valence-electron chi connectivity index (χ2n) is 6.87. The number of benzene rings is 1. The number of ether oxygens (including phenoxy) is 3. The zero-order chi connectivity index (χ0) is 17.2. The minimum absolute atomic E-state index is 0.313. The van der Waals surface area contributed by atoms with Gasteiger partial charge in [-0.25, -0.2) is 0 Å². The molecule has 0 amide bonds. The fourth-order valence-electron chi connectivity index (χ4n) is 3.50. The van der Waals surface area contributed by atoms with Crippen molar-refractivity contribution >= 4 is 0 Å². The minimum Gasteiger partial charge on any atom is -0.454 e. The molecule has 2 aliphatic rings. The molecule has 0 N–H and O–H groups in total. The third-order valence-corrected chi connectivity index (χ3v) is 5.06. The van der Waals surface area contributed by atoms with E-state index >= 15 is 0 Å². The summed E-state index contributed by atoms with van der Waals surface area (Å²) in [5.74, 6) is 1.67. The minimum atomic E-state index is 0.313. The van der Waals surface area contributed by atoms with Crippen LogP contribution in [0, 0.1) is 6.92 Å². The molecule has 25 heavy (non-hydrogen) atoms. The highest BCUT2D eigenvalue weighted by Gasteiger charge is 2.21. The van der Waals surface area contributed by atoms with Crippen LogP contribution in [0.2, 0.25) is 0 Å². The average molecular weight is 343 g/mol. The van der Waals surface area contributed by atoms with Gasteiger partial charge in [0.1, 0.15) is 0 Å². The fraction of sp³-hybridized carbons (Fsp3) is 0.526. The lowest BCUT2D eigenvalue weighted by atomic mass is 10.1. The van der Waals surface area contributed by atoms with Crippen LogP contribution in [0.5, 0.6) is 11.5 Å². The summed E-state index contributed by atoms with van der Waals surface area (Å²) in [4.78, 5) is 2.44. The van der Waals surface area contributed by atoms with E-state index in [1.54, 1.807) is 0 Å². The molecule has 1 saturated heterocycles. The molecule has 1 aromatic carbocycles. The summed E-state index contributed by atoms with van der Waals surface area (Å²) in [7, 11) is 1.99. The van der Waals surface area contributed by atoms with Crippen LogP contribution in [0.4, 0.5) is 0 Å². The SMILES string of the molecule is Cc1c(CN(Cc2ccc3c(c2)OCO3)CC2CCCO2)cnn1C. The Morgan fingerprint density at radius 3 is 2.88 bits per heavy atom. The first-order chi connectivity index (χ1) is 12.2. The van der Waals surface area contributed by atoms with Gasteiger partial charge in [-0.3, -0.25) is 9.58 Å². The van der Waals surface area contributed by atoms with Gasteiger partial charge in [0.15, 0.2) is 11.5 Å². The van der Waals surface area contributed by atoms with Gasteiger partial charge in [-0.2, -0.15) is 5.10 Å². The first-order valence-corrected chi connectivity index (χ1v) is 8.89. The Hall–Kier alpha value is -2.05. The Balaban J connectivity index is 1.50. The van der Waals surface area contributed by atoms with Crippen LogP contribution in [0.3, 0.4) is 0 Å². The lowest BCUT2D eigenvalue weighted by Crippen LogP contribution is -2.31. The lowest BCUT2D eigenvalue weighted by Gasteiger charge is -2.25. The summed E-state index contributed by atoms with van der Waals surface area (Å²) in [5.41, 5.74) is 3.70. The molecule has 1 fully saturated rings. The Kier molecular flexibility index (Phi) is 4.63. The van der Waals surface area contributed by atoms with Gasteiger partial charge in [-0.1, -0.05) is 6.07 Å². The van der Waals surface area contributed by atoms with Crippen molar-refractivity contribution in [2.45, 2.75) is 39.0 Å². The molecule has 2 aromatic rings. The highest BCUT2D eigenvalue weighted by molar-refractivity contribution is 5.44. The van der Waals surface area contributed by atoms with Gasteiger partial charge in [-0.05, 0) is 37.5 Å². The second kappa shape index (κ2) is 7.06. The van der Waals surface area contributed by atoms with Crippen LogP contribution < -0.4 is 9.47 Å². The molecule has 6 nitrogen and oxygen atoms in total. The molecule has 3 heterocycles. The molecule has 0 radical (unpaired) electrons. The van der Waals surface area contributed by atoms with Crippen molar-refractivity contribution in [2.75, 3.05) is 19.9 Å². The first-order valence-electron chi connectivity index (χ1n) is 8.89. The van der Waals surface area contributed by atoms with E-state index in [-0.39, 0.29) is 0 Å². The van der Waals surface area contributed by atoms with Crippen molar-refractivity contribution in [2.24, 2.45) is 7.05 Å². The van der Waals surface area contributed by atoms with Gasteiger partial charge in [0.25, 0.3) is 0 Å². The Bertz CT molecular complexity index is 738. The van der Waals surface area contributed by atoms with E-state index < -0.39 is 0 Å². The number of hydrogen-bond acceptors (Lipinski definition) is 5. The molecule has 6 heteroatoms. The van der Waals surface area contributed by atoms with Gasteiger partial charge in [0.05, 0.1) is 12.3 Å². The van der Waals surface area contributed by atoms with E-state index in [2.05, 4.69) is 29.1 Å². The third-order valence-electron chi connectivity index (χ3n) is 5.06.